The Kier molecular flexibility index (Phi) is 3.49. The average Bonchev–Trinajstić information content (AvgIpc) is 2.87. The lowest BCUT2D eigenvalue weighted by Gasteiger charge is -2.23. The normalized spacial score (nSPS) is 14.9. The highest BCUT2D eigenvalue weighted by atomic mass is 79.9. The number of rotatable bonds is 3. The van der Waals surface area contributed by atoms with Crippen LogP contribution >= 0.6 is 15.9 Å². The first-order valence-corrected chi connectivity index (χ1v) is 8.44. The second-order valence-corrected chi connectivity index (χ2v) is 6.68. The molecule has 1 saturated carbocycles. The lowest BCUT2D eigenvalue weighted by atomic mass is 9.85. The molecule has 6 heteroatoms. The molecule has 0 aliphatic heterocycles. The minimum Gasteiger partial charge on any atom is -0.496 e. The molecule has 1 fully saturated rings. The van der Waals surface area contributed by atoms with Gasteiger partial charge in [0.25, 0.3) is 0 Å². The summed E-state index contributed by atoms with van der Waals surface area (Å²) >= 11 is 3.49. The van der Waals surface area contributed by atoms with Gasteiger partial charge in [-0.1, -0.05) is 12.5 Å². The van der Waals surface area contributed by atoms with Crippen LogP contribution in [-0.4, -0.2) is 21.5 Å². The van der Waals surface area contributed by atoms with Crippen molar-refractivity contribution >= 4 is 27.3 Å². The minimum atomic E-state index is 0.502. The molecular formula is C17H17BrN4O. The summed E-state index contributed by atoms with van der Waals surface area (Å²) in [5, 5.41) is 0. The molecule has 1 aromatic carbocycles. The molecule has 3 aromatic rings. The molecule has 23 heavy (non-hydrogen) atoms. The number of hydrogen-bond acceptors (Lipinski definition) is 4. The molecule has 0 amide bonds. The fourth-order valence-corrected chi connectivity index (χ4v) is 3.46. The number of methoxy groups -OCH3 is 1. The predicted molar refractivity (Wildman–Crippen MR) is 93.7 cm³/mol. The zero-order valence-electron chi connectivity index (χ0n) is 12.8. The number of hydrogen-bond donors (Lipinski definition) is 1. The van der Waals surface area contributed by atoms with Crippen molar-refractivity contribution in [2.24, 2.45) is 0 Å². The molecule has 2 aromatic heterocycles. The molecular weight excluding hydrogens is 356 g/mol. The third kappa shape index (κ3) is 2.28. The van der Waals surface area contributed by atoms with Crippen LogP contribution in [0.2, 0.25) is 0 Å². The van der Waals surface area contributed by atoms with Gasteiger partial charge in [-0.25, -0.2) is 9.97 Å². The largest absolute Gasteiger partial charge is 0.496 e. The number of aromatic nitrogens is 3. The van der Waals surface area contributed by atoms with Crippen LogP contribution in [0.15, 0.2) is 35.1 Å². The molecule has 0 bridgehead atoms. The second kappa shape index (κ2) is 5.53. The summed E-state index contributed by atoms with van der Waals surface area (Å²) < 4.78 is 8.42. The molecule has 0 radical (unpaired) electrons. The highest BCUT2D eigenvalue weighted by Gasteiger charge is 2.27. The molecule has 0 atom stereocenters. The van der Waals surface area contributed by atoms with E-state index in [4.69, 9.17) is 15.5 Å². The molecule has 5 nitrogen and oxygen atoms in total. The van der Waals surface area contributed by atoms with Crippen molar-refractivity contribution in [1.29, 1.82) is 0 Å². The van der Waals surface area contributed by atoms with Gasteiger partial charge in [0, 0.05) is 23.9 Å². The molecule has 4 rings (SSSR count). The first kappa shape index (κ1) is 14.5. The number of benzene rings is 1. The third-order valence-corrected chi connectivity index (χ3v) is 5.16. The van der Waals surface area contributed by atoms with Gasteiger partial charge < -0.3 is 10.5 Å². The summed E-state index contributed by atoms with van der Waals surface area (Å²) in [6.07, 6.45) is 7.32. The van der Waals surface area contributed by atoms with Crippen LogP contribution in [0, 0.1) is 0 Å². The molecule has 0 saturated heterocycles. The Morgan fingerprint density at radius 2 is 2.17 bits per heavy atom. The first-order chi connectivity index (χ1) is 11.2. The highest BCUT2D eigenvalue weighted by Crippen LogP contribution is 2.40. The number of nitrogens with zero attached hydrogens (tertiary/aromatic N) is 3. The molecule has 118 valence electrons. The number of imidazole rings is 1. The van der Waals surface area contributed by atoms with Crippen LogP contribution < -0.4 is 10.5 Å². The smallest absolute Gasteiger partial charge is 0.150 e. The van der Waals surface area contributed by atoms with Crippen LogP contribution in [0.3, 0.4) is 0 Å². The van der Waals surface area contributed by atoms with Gasteiger partial charge in [0.2, 0.25) is 0 Å². The maximum absolute atomic E-state index is 6.16. The molecule has 0 unspecified atom stereocenters. The topological polar surface area (TPSA) is 65.4 Å². The van der Waals surface area contributed by atoms with Crippen molar-refractivity contribution in [1.82, 2.24) is 14.4 Å². The van der Waals surface area contributed by atoms with Crippen molar-refractivity contribution < 1.29 is 4.74 Å². The predicted octanol–water partition coefficient (Wildman–Crippen LogP) is 4.02. The van der Waals surface area contributed by atoms with E-state index in [1.54, 1.807) is 13.3 Å². The number of nitrogen functional groups attached to an aromatic ring is 1. The zero-order valence-corrected chi connectivity index (χ0v) is 14.4. The van der Waals surface area contributed by atoms with Gasteiger partial charge in [-0.3, -0.25) is 4.40 Å². The molecule has 2 N–H and O–H groups in total. The Morgan fingerprint density at radius 3 is 2.87 bits per heavy atom. The van der Waals surface area contributed by atoms with Gasteiger partial charge in [0.15, 0.2) is 0 Å². The standard InChI is InChI=1S/C17H17BrN4O/c1-23-13-9-11(5-6-12(13)18)14-15-16(19)20-7-8-22(15)17(21-14)10-3-2-4-10/h5-10H,2-4H2,1H3,(H2,19,20). The molecule has 2 heterocycles. The monoisotopic (exact) mass is 372 g/mol. The van der Waals surface area contributed by atoms with Crippen molar-refractivity contribution in [3.05, 3.63) is 40.9 Å². The van der Waals surface area contributed by atoms with E-state index in [1.165, 1.54) is 19.3 Å². The third-order valence-electron chi connectivity index (χ3n) is 4.51. The lowest BCUT2D eigenvalue weighted by molar-refractivity contribution is 0.400. The highest BCUT2D eigenvalue weighted by molar-refractivity contribution is 9.10. The van der Waals surface area contributed by atoms with E-state index in [2.05, 4.69) is 25.3 Å². The summed E-state index contributed by atoms with van der Waals surface area (Å²) in [5.74, 6) is 2.87. The van der Waals surface area contributed by atoms with Gasteiger partial charge in [0.05, 0.1) is 11.6 Å². The second-order valence-electron chi connectivity index (χ2n) is 5.83. The summed E-state index contributed by atoms with van der Waals surface area (Å²) in [6.45, 7) is 0. The fraction of sp³-hybridized carbons (Fsp3) is 0.294. The quantitative estimate of drug-likeness (QED) is 0.753. The van der Waals surface area contributed by atoms with Crippen LogP contribution in [0.4, 0.5) is 5.82 Å². The summed E-state index contributed by atoms with van der Waals surface area (Å²) in [7, 11) is 1.66. The van der Waals surface area contributed by atoms with Gasteiger partial charge in [-0.15, -0.1) is 0 Å². The van der Waals surface area contributed by atoms with Gasteiger partial charge >= 0.3 is 0 Å². The molecule has 1 aliphatic rings. The van der Waals surface area contributed by atoms with Crippen molar-refractivity contribution in [3.63, 3.8) is 0 Å². The number of halogens is 1. The SMILES string of the molecule is COc1cc(-c2nc(C3CCC3)n3ccnc(N)c23)ccc1Br. The number of ether oxygens (including phenoxy) is 1. The van der Waals surface area contributed by atoms with E-state index in [0.717, 1.165) is 32.8 Å². The van der Waals surface area contributed by atoms with Crippen LogP contribution in [-0.2, 0) is 0 Å². The maximum Gasteiger partial charge on any atom is 0.150 e. The summed E-state index contributed by atoms with van der Waals surface area (Å²) in [4.78, 5) is 9.17. The molecule has 1 aliphatic carbocycles. The van der Waals surface area contributed by atoms with Crippen LogP contribution in [0.5, 0.6) is 5.75 Å². The zero-order chi connectivity index (χ0) is 16.0. The first-order valence-electron chi connectivity index (χ1n) is 7.65. The Morgan fingerprint density at radius 1 is 1.35 bits per heavy atom. The Labute approximate surface area is 142 Å². The van der Waals surface area contributed by atoms with Gasteiger partial charge in [-0.05, 0) is 40.9 Å². The van der Waals surface area contributed by atoms with Crippen molar-refractivity contribution in [3.8, 4) is 17.0 Å². The maximum atomic E-state index is 6.16. The summed E-state index contributed by atoms with van der Waals surface area (Å²) in [5.41, 5.74) is 8.87. The van der Waals surface area contributed by atoms with Crippen LogP contribution in [0.1, 0.15) is 31.0 Å². The fourth-order valence-electron chi connectivity index (χ4n) is 3.05. The average molecular weight is 373 g/mol. The number of fused-ring (bicyclic) bond motifs is 1. The van der Waals surface area contributed by atoms with E-state index in [1.807, 2.05) is 24.4 Å². The van der Waals surface area contributed by atoms with E-state index in [9.17, 15) is 0 Å². The Balaban J connectivity index is 1.96. The summed E-state index contributed by atoms with van der Waals surface area (Å²) in [6, 6.07) is 5.96. The van der Waals surface area contributed by atoms with E-state index in [-0.39, 0.29) is 0 Å². The van der Waals surface area contributed by atoms with Gasteiger partial charge in [-0.2, -0.15) is 0 Å². The van der Waals surface area contributed by atoms with Crippen molar-refractivity contribution in [2.45, 2.75) is 25.2 Å². The van der Waals surface area contributed by atoms with E-state index in [0.29, 0.717) is 11.7 Å². The lowest BCUT2D eigenvalue weighted by Crippen LogP contribution is -2.12. The minimum absolute atomic E-state index is 0.502. The van der Waals surface area contributed by atoms with E-state index >= 15 is 0 Å². The van der Waals surface area contributed by atoms with Crippen LogP contribution in [0.25, 0.3) is 16.8 Å². The number of anilines is 1. The Hall–Kier alpha value is -2.08. The van der Waals surface area contributed by atoms with E-state index < -0.39 is 0 Å². The van der Waals surface area contributed by atoms with Crippen molar-refractivity contribution in [2.75, 3.05) is 12.8 Å². The number of nitrogens with two attached hydrogens (primary N) is 1. The van der Waals surface area contributed by atoms with Gasteiger partial charge in [0.1, 0.15) is 28.6 Å². The molecule has 0 spiro atoms. The Bertz CT molecular complexity index is 886.